The van der Waals surface area contributed by atoms with Crippen molar-refractivity contribution in [1.82, 2.24) is 9.97 Å². The van der Waals surface area contributed by atoms with E-state index in [0.717, 1.165) is 23.6 Å². The largest absolute Gasteiger partial charge is 0.491 e. The fourth-order valence-electron chi connectivity index (χ4n) is 1.87. The highest BCUT2D eigenvalue weighted by atomic mass is 35.5. The van der Waals surface area contributed by atoms with E-state index in [2.05, 4.69) is 28.3 Å². The second kappa shape index (κ2) is 7.10. The molecule has 1 aromatic carbocycles. The summed E-state index contributed by atoms with van der Waals surface area (Å²) in [6.07, 6.45) is 2.41. The molecule has 20 heavy (non-hydrogen) atoms. The molecular weight excluding hydrogens is 274 g/mol. The molecule has 0 saturated carbocycles. The molecule has 0 bridgehead atoms. The standard InChI is InChI=1S/C15H18ClN3O/c1-3-12-6-4-5-7-13(12)20-9-8-17-15-11(2)14(16)18-10-19-15/h4-7,10H,3,8-9H2,1-2H3,(H,17,18,19). The van der Waals surface area contributed by atoms with Crippen molar-refractivity contribution < 1.29 is 4.74 Å². The third-order valence-electron chi connectivity index (χ3n) is 3.03. The zero-order valence-electron chi connectivity index (χ0n) is 11.7. The quantitative estimate of drug-likeness (QED) is 0.654. The summed E-state index contributed by atoms with van der Waals surface area (Å²) >= 11 is 5.94. The molecule has 0 saturated heterocycles. The predicted molar refractivity (Wildman–Crippen MR) is 81.6 cm³/mol. The Balaban J connectivity index is 1.86. The highest BCUT2D eigenvalue weighted by Gasteiger charge is 2.04. The number of benzene rings is 1. The minimum Gasteiger partial charge on any atom is -0.491 e. The van der Waals surface area contributed by atoms with Crippen LogP contribution in [0.3, 0.4) is 0 Å². The highest BCUT2D eigenvalue weighted by molar-refractivity contribution is 6.30. The van der Waals surface area contributed by atoms with Crippen molar-refractivity contribution in [2.24, 2.45) is 0 Å². The number of aromatic nitrogens is 2. The van der Waals surface area contributed by atoms with E-state index in [4.69, 9.17) is 16.3 Å². The maximum Gasteiger partial charge on any atom is 0.137 e. The first-order valence-corrected chi connectivity index (χ1v) is 7.01. The van der Waals surface area contributed by atoms with Crippen molar-refractivity contribution in [3.63, 3.8) is 0 Å². The first kappa shape index (κ1) is 14.6. The lowest BCUT2D eigenvalue weighted by atomic mass is 10.1. The van der Waals surface area contributed by atoms with E-state index in [-0.39, 0.29) is 0 Å². The number of nitrogens with zero attached hydrogens (tertiary/aromatic N) is 2. The first-order chi connectivity index (χ1) is 9.72. The Morgan fingerprint density at radius 3 is 2.85 bits per heavy atom. The van der Waals surface area contributed by atoms with Gasteiger partial charge in [0.15, 0.2) is 0 Å². The Morgan fingerprint density at radius 1 is 1.25 bits per heavy atom. The number of para-hydroxylation sites is 1. The van der Waals surface area contributed by atoms with Gasteiger partial charge in [-0.1, -0.05) is 36.7 Å². The first-order valence-electron chi connectivity index (χ1n) is 6.64. The normalized spacial score (nSPS) is 10.3. The lowest BCUT2D eigenvalue weighted by Gasteiger charge is -2.12. The molecule has 1 N–H and O–H groups in total. The Labute approximate surface area is 124 Å². The van der Waals surface area contributed by atoms with Crippen LogP contribution in [0.2, 0.25) is 5.15 Å². The fourth-order valence-corrected chi connectivity index (χ4v) is 2.01. The molecule has 5 heteroatoms. The van der Waals surface area contributed by atoms with Crippen molar-refractivity contribution in [1.29, 1.82) is 0 Å². The van der Waals surface area contributed by atoms with Crippen LogP contribution in [0.1, 0.15) is 18.1 Å². The van der Waals surface area contributed by atoms with Gasteiger partial charge >= 0.3 is 0 Å². The summed E-state index contributed by atoms with van der Waals surface area (Å²) in [4.78, 5) is 8.08. The van der Waals surface area contributed by atoms with Crippen LogP contribution in [0.5, 0.6) is 5.75 Å². The third kappa shape index (κ3) is 3.61. The van der Waals surface area contributed by atoms with Gasteiger partial charge in [-0.15, -0.1) is 0 Å². The van der Waals surface area contributed by atoms with Gasteiger partial charge in [0.25, 0.3) is 0 Å². The monoisotopic (exact) mass is 291 g/mol. The van der Waals surface area contributed by atoms with Crippen LogP contribution in [0.4, 0.5) is 5.82 Å². The Bertz CT molecular complexity index is 575. The lowest BCUT2D eigenvalue weighted by Crippen LogP contribution is -2.14. The van der Waals surface area contributed by atoms with E-state index in [1.54, 1.807) is 0 Å². The molecule has 0 amide bonds. The second-order valence-corrected chi connectivity index (χ2v) is 4.73. The molecule has 0 aliphatic heterocycles. The zero-order chi connectivity index (χ0) is 14.4. The van der Waals surface area contributed by atoms with Crippen molar-refractivity contribution >= 4 is 17.4 Å². The van der Waals surface area contributed by atoms with Crippen LogP contribution >= 0.6 is 11.6 Å². The Morgan fingerprint density at radius 2 is 2.05 bits per heavy atom. The van der Waals surface area contributed by atoms with E-state index in [1.165, 1.54) is 11.9 Å². The van der Waals surface area contributed by atoms with E-state index in [1.807, 2.05) is 25.1 Å². The van der Waals surface area contributed by atoms with E-state index < -0.39 is 0 Å². The molecule has 0 aliphatic rings. The molecular formula is C15H18ClN3O. The molecule has 1 heterocycles. The van der Waals surface area contributed by atoms with E-state index in [9.17, 15) is 0 Å². The molecule has 0 fully saturated rings. The topological polar surface area (TPSA) is 47.0 Å². The van der Waals surface area contributed by atoms with E-state index in [0.29, 0.717) is 18.3 Å². The molecule has 0 spiro atoms. The van der Waals surface area contributed by atoms with Crippen LogP contribution in [-0.2, 0) is 6.42 Å². The summed E-state index contributed by atoms with van der Waals surface area (Å²) in [5.41, 5.74) is 2.07. The number of hydrogen-bond donors (Lipinski definition) is 1. The maximum absolute atomic E-state index is 5.94. The summed E-state index contributed by atoms with van der Waals surface area (Å²) in [7, 11) is 0. The zero-order valence-corrected chi connectivity index (χ0v) is 12.4. The number of aryl methyl sites for hydroxylation is 1. The summed E-state index contributed by atoms with van der Waals surface area (Å²) in [6, 6.07) is 8.08. The second-order valence-electron chi connectivity index (χ2n) is 4.37. The fraction of sp³-hybridized carbons (Fsp3) is 0.333. The van der Waals surface area contributed by atoms with Crippen LogP contribution in [0.15, 0.2) is 30.6 Å². The minimum atomic E-state index is 0.472. The molecule has 0 atom stereocenters. The predicted octanol–water partition coefficient (Wildman–Crippen LogP) is 3.49. The van der Waals surface area contributed by atoms with Crippen LogP contribution in [0.25, 0.3) is 0 Å². The third-order valence-corrected chi connectivity index (χ3v) is 3.41. The highest BCUT2D eigenvalue weighted by Crippen LogP contribution is 2.19. The summed E-state index contributed by atoms with van der Waals surface area (Å²) in [5, 5.41) is 3.67. The minimum absolute atomic E-state index is 0.472. The maximum atomic E-state index is 5.94. The number of halogens is 1. The average molecular weight is 292 g/mol. The number of nitrogens with one attached hydrogen (secondary N) is 1. The van der Waals surface area contributed by atoms with Gasteiger partial charge in [0.05, 0.1) is 6.54 Å². The van der Waals surface area contributed by atoms with Gasteiger partial charge in [-0.25, -0.2) is 9.97 Å². The van der Waals surface area contributed by atoms with Gasteiger partial charge in [-0.3, -0.25) is 0 Å². The molecule has 2 aromatic rings. The molecule has 106 valence electrons. The van der Waals surface area contributed by atoms with Gasteiger partial charge in [-0.2, -0.15) is 0 Å². The lowest BCUT2D eigenvalue weighted by molar-refractivity contribution is 0.329. The van der Waals surface area contributed by atoms with Crippen LogP contribution in [-0.4, -0.2) is 23.1 Å². The molecule has 0 radical (unpaired) electrons. The Hall–Kier alpha value is -1.81. The van der Waals surface area contributed by atoms with Gasteiger partial charge in [-0.05, 0) is 25.0 Å². The average Bonchev–Trinajstić information content (AvgIpc) is 2.48. The number of ether oxygens (including phenoxy) is 1. The molecule has 0 aliphatic carbocycles. The van der Waals surface area contributed by atoms with Crippen LogP contribution in [0, 0.1) is 6.92 Å². The molecule has 1 aromatic heterocycles. The van der Waals surface area contributed by atoms with Crippen LogP contribution < -0.4 is 10.1 Å². The molecule has 2 rings (SSSR count). The summed E-state index contributed by atoms with van der Waals surface area (Å²) in [6.45, 7) is 5.23. The van der Waals surface area contributed by atoms with Gasteiger partial charge in [0.2, 0.25) is 0 Å². The summed E-state index contributed by atoms with van der Waals surface area (Å²) in [5.74, 6) is 1.69. The SMILES string of the molecule is CCc1ccccc1OCCNc1ncnc(Cl)c1C. The number of rotatable bonds is 6. The molecule has 0 unspecified atom stereocenters. The number of hydrogen-bond acceptors (Lipinski definition) is 4. The summed E-state index contributed by atoms with van der Waals surface area (Å²) < 4.78 is 5.78. The van der Waals surface area contributed by atoms with Gasteiger partial charge in [0, 0.05) is 5.56 Å². The van der Waals surface area contributed by atoms with Crippen molar-refractivity contribution in [3.05, 3.63) is 46.9 Å². The molecule has 4 nitrogen and oxygen atoms in total. The van der Waals surface area contributed by atoms with E-state index >= 15 is 0 Å². The smallest absolute Gasteiger partial charge is 0.137 e. The van der Waals surface area contributed by atoms with Crippen molar-refractivity contribution in [2.75, 3.05) is 18.5 Å². The van der Waals surface area contributed by atoms with Crippen molar-refractivity contribution in [2.45, 2.75) is 20.3 Å². The Kier molecular flexibility index (Phi) is 5.18. The van der Waals surface area contributed by atoms with Gasteiger partial charge in [0.1, 0.15) is 29.7 Å². The van der Waals surface area contributed by atoms with Crippen molar-refractivity contribution in [3.8, 4) is 5.75 Å². The van der Waals surface area contributed by atoms with Gasteiger partial charge < -0.3 is 10.1 Å². The number of anilines is 1.